The Morgan fingerprint density at radius 2 is 1.96 bits per heavy atom. The number of sulfonamides is 1. The number of benzene rings is 2. The zero-order valence-corrected chi connectivity index (χ0v) is 17.6. The number of carbonyl (C=O) groups excluding carboxylic acids is 1. The standard InChI is InChI=1S/C20H25N3O3S.ClH/c1-14-5-3-6-16(11-14)22-27(25,26)18-9-8-15(2)19(12-18)20(24)23-10-4-7-17(23)13-21;/h3,5-6,8-9,11-12,17,22H,4,7,10,13,21H2,1-2H3;1H. The van der Waals surface area contributed by atoms with Gasteiger partial charge >= 0.3 is 0 Å². The van der Waals surface area contributed by atoms with Crippen LogP contribution in [-0.4, -0.2) is 38.4 Å². The molecule has 3 rings (SSSR count). The summed E-state index contributed by atoms with van der Waals surface area (Å²) < 4.78 is 28.1. The lowest BCUT2D eigenvalue weighted by Crippen LogP contribution is -2.40. The summed E-state index contributed by atoms with van der Waals surface area (Å²) in [5, 5.41) is 0. The largest absolute Gasteiger partial charge is 0.334 e. The first-order valence-electron chi connectivity index (χ1n) is 9.03. The number of amides is 1. The summed E-state index contributed by atoms with van der Waals surface area (Å²) in [5.41, 5.74) is 8.38. The Labute approximate surface area is 172 Å². The fraction of sp³-hybridized carbons (Fsp3) is 0.350. The van der Waals surface area contributed by atoms with Crippen LogP contribution in [0.4, 0.5) is 5.69 Å². The van der Waals surface area contributed by atoms with Crippen molar-refractivity contribution in [1.29, 1.82) is 0 Å². The van der Waals surface area contributed by atoms with Gasteiger partial charge in [0.1, 0.15) is 0 Å². The van der Waals surface area contributed by atoms with Gasteiger partial charge in [0, 0.05) is 30.4 Å². The molecule has 1 heterocycles. The number of anilines is 1. The molecule has 1 aliphatic rings. The molecule has 0 aromatic heterocycles. The van der Waals surface area contributed by atoms with Crippen molar-refractivity contribution in [3.05, 3.63) is 59.2 Å². The van der Waals surface area contributed by atoms with Crippen molar-refractivity contribution in [3.63, 3.8) is 0 Å². The number of nitrogens with one attached hydrogen (secondary N) is 1. The Balaban J connectivity index is 0.00000280. The van der Waals surface area contributed by atoms with Gasteiger partial charge in [0.25, 0.3) is 15.9 Å². The molecular weight excluding hydrogens is 398 g/mol. The molecule has 28 heavy (non-hydrogen) atoms. The van der Waals surface area contributed by atoms with Crippen molar-refractivity contribution < 1.29 is 13.2 Å². The molecule has 0 bridgehead atoms. The van der Waals surface area contributed by atoms with E-state index in [9.17, 15) is 13.2 Å². The predicted molar refractivity (Wildman–Crippen MR) is 114 cm³/mol. The van der Waals surface area contributed by atoms with E-state index in [-0.39, 0.29) is 29.3 Å². The second-order valence-corrected chi connectivity index (χ2v) is 8.66. The van der Waals surface area contributed by atoms with Gasteiger partial charge in [-0.2, -0.15) is 0 Å². The monoisotopic (exact) mass is 423 g/mol. The maximum Gasteiger partial charge on any atom is 0.261 e. The minimum Gasteiger partial charge on any atom is -0.334 e. The molecular formula is C20H26ClN3O3S. The molecule has 1 fully saturated rings. The average molecular weight is 424 g/mol. The molecule has 2 aromatic carbocycles. The molecule has 1 atom stereocenters. The lowest BCUT2D eigenvalue weighted by Gasteiger charge is -2.24. The number of rotatable bonds is 5. The molecule has 1 aliphatic heterocycles. The van der Waals surface area contributed by atoms with Crippen LogP contribution in [-0.2, 0) is 10.0 Å². The Bertz CT molecular complexity index is 963. The third-order valence-electron chi connectivity index (χ3n) is 4.93. The van der Waals surface area contributed by atoms with E-state index in [0.717, 1.165) is 24.0 Å². The van der Waals surface area contributed by atoms with Gasteiger partial charge in [0.2, 0.25) is 0 Å². The number of hydrogen-bond donors (Lipinski definition) is 2. The molecule has 0 saturated carbocycles. The number of hydrogen-bond acceptors (Lipinski definition) is 4. The van der Waals surface area contributed by atoms with Crippen molar-refractivity contribution in [2.75, 3.05) is 17.8 Å². The van der Waals surface area contributed by atoms with E-state index in [1.165, 1.54) is 12.1 Å². The van der Waals surface area contributed by atoms with Gasteiger partial charge in [0.15, 0.2) is 0 Å². The normalized spacial score (nSPS) is 16.5. The highest BCUT2D eigenvalue weighted by Crippen LogP contribution is 2.24. The van der Waals surface area contributed by atoms with E-state index in [0.29, 0.717) is 24.3 Å². The Morgan fingerprint density at radius 3 is 2.64 bits per heavy atom. The fourth-order valence-electron chi connectivity index (χ4n) is 3.42. The summed E-state index contributed by atoms with van der Waals surface area (Å²) in [6.45, 7) is 4.77. The smallest absolute Gasteiger partial charge is 0.261 e. The quantitative estimate of drug-likeness (QED) is 0.772. The summed E-state index contributed by atoms with van der Waals surface area (Å²) in [6, 6.07) is 11.8. The zero-order valence-electron chi connectivity index (χ0n) is 16.0. The molecule has 3 N–H and O–H groups in total. The van der Waals surface area contributed by atoms with E-state index < -0.39 is 10.0 Å². The van der Waals surface area contributed by atoms with Gasteiger partial charge in [-0.05, 0) is 62.1 Å². The van der Waals surface area contributed by atoms with Crippen molar-refractivity contribution in [1.82, 2.24) is 4.90 Å². The fourth-order valence-corrected chi connectivity index (χ4v) is 4.50. The summed E-state index contributed by atoms with van der Waals surface area (Å²) >= 11 is 0. The van der Waals surface area contributed by atoms with E-state index in [2.05, 4.69) is 4.72 Å². The number of nitrogens with two attached hydrogens (primary N) is 1. The lowest BCUT2D eigenvalue weighted by atomic mass is 10.1. The molecule has 0 radical (unpaired) electrons. The highest BCUT2D eigenvalue weighted by molar-refractivity contribution is 7.92. The number of likely N-dealkylation sites (tertiary alicyclic amines) is 1. The van der Waals surface area contributed by atoms with Crippen LogP contribution in [0.5, 0.6) is 0 Å². The lowest BCUT2D eigenvalue weighted by molar-refractivity contribution is 0.0740. The van der Waals surface area contributed by atoms with Crippen molar-refractivity contribution in [2.45, 2.75) is 37.6 Å². The Morgan fingerprint density at radius 1 is 1.21 bits per heavy atom. The highest BCUT2D eigenvalue weighted by Gasteiger charge is 2.29. The molecule has 152 valence electrons. The summed E-state index contributed by atoms with van der Waals surface area (Å²) in [4.78, 5) is 14.8. The predicted octanol–water partition coefficient (Wildman–Crippen LogP) is 3.09. The second kappa shape index (κ2) is 8.94. The second-order valence-electron chi connectivity index (χ2n) is 6.98. The zero-order chi connectivity index (χ0) is 19.6. The molecule has 6 nitrogen and oxygen atoms in total. The minimum absolute atomic E-state index is 0. The average Bonchev–Trinajstić information content (AvgIpc) is 3.09. The third kappa shape index (κ3) is 4.66. The highest BCUT2D eigenvalue weighted by atomic mass is 35.5. The minimum atomic E-state index is -3.79. The first-order chi connectivity index (χ1) is 12.8. The van der Waals surface area contributed by atoms with Crippen molar-refractivity contribution in [3.8, 4) is 0 Å². The maximum atomic E-state index is 13.0. The van der Waals surface area contributed by atoms with E-state index in [1.807, 2.05) is 19.9 Å². The van der Waals surface area contributed by atoms with Gasteiger partial charge in [-0.1, -0.05) is 18.2 Å². The van der Waals surface area contributed by atoms with Crippen molar-refractivity contribution in [2.24, 2.45) is 5.73 Å². The van der Waals surface area contributed by atoms with Crippen LogP contribution < -0.4 is 10.5 Å². The maximum absolute atomic E-state index is 13.0. The third-order valence-corrected chi connectivity index (χ3v) is 6.31. The Hall–Kier alpha value is -2.09. The van der Waals surface area contributed by atoms with Crippen LogP contribution in [0.3, 0.4) is 0 Å². The number of carbonyl (C=O) groups is 1. The van der Waals surface area contributed by atoms with Crippen LogP contribution >= 0.6 is 12.4 Å². The molecule has 1 amide bonds. The van der Waals surface area contributed by atoms with Crippen LogP contribution in [0.1, 0.15) is 34.3 Å². The van der Waals surface area contributed by atoms with Crippen LogP contribution in [0, 0.1) is 13.8 Å². The van der Waals surface area contributed by atoms with Gasteiger partial charge in [0.05, 0.1) is 4.90 Å². The number of aryl methyl sites for hydroxylation is 2. The van der Waals surface area contributed by atoms with Crippen molar-refractivity contribution >= 4 is 34.0 Å². The van der Waals surface area contributed by atoms with Gasteiger partial charge in [-0.3, -0.25) is 9.52 Å². The molecule has 0 aliphatic carbocycles. The van der Waals surface area contributed by atoms with Gasteiger partial charge in [-0.25, -0.2) is 8.42 Å². The molecule has 1 unspecified atom stereocenters. The van der Waals surface area contributed by atoms with Crippen LogP contribution in [0.15, 0.2) is 47.4 Å². The van der Waals surface area contributed by atoms with Gasteiger partial charge < -0.3 is 10.6 Å². The molecule has 0 spiro atoms. The van der Waals surface area contributed by atoms with E-state index >= 15 is 0 Å². The first kappa shape index (κ1) is 22.2. The summed E-state index contributed by atoms with van der Waals surface area (Å²) in [5.74, 6) is -0.159. The summed E-state index contributed by atoms with van der Waals surface area (Å²) in [6.07, 6.45) is 1.80. The van der Waals surface area contributed by atoms with Crippen LogP contribution in [0.25, 0.3) is 0 Å². The topological polar surface area (TPSA) is 92.5 Å². The first-order valence-corrected chi connectivity index (χ1v) is 10.5. The van der Waals surface area contributed by atoms with E-state index in [4.69, 9.17) is 5.73 Å². The van der Waals surface area contributed by atoms with Crippen LogP contribution in [0.2, 0.25) is 0 Å². The molecule has 8 heteroatoms. The van der Waals surface area contributed by atoms with E-state index in [1.54, 1.807) is 29.2 Å². The van der Waals surface area contributed by atoms with Gasteiger partial charge in [-0.15, -0.1) is 12.4 Å². The Kier molecular flexibility index (Phi) is 7.09. The molecule has 2 aromatic rings. The SMILES string of the molecule is Cc1cccc(NS(=O)(=O)c2ccc(C)c(C(=O)N3CCCC3CN)c2)c1.Cl. The molecule has 1 saturated heterocycles. The number of nitrogens with zero attached hydrogens (tertiary/aromatic N) is 1. The summed E-state index contributed by atoms with van der Waals surface area (Å²) in [7, 11) is -3.79. The number of halogens is 1.